The third-order valence-electron chi connectivity index (χ3n) is 6.16. The third-order valence-corrected chi connectivity index (χ3v) is 6.16. The van der Waals surface area contributed by atoms with Gasteiger partial charge in [-0.25, -0.2) is 4.79 Å². The molecule has 4 fully saturated rings. The van der Waals surface area contributed by atoms with Gasteiger partial charge in [0.05, 0.1) is 12.2 Å². The van der Waals surface area contributed by atoms with E-state index in [0.717, 1.165) is 38.2 Å². The Morgan fingerprint density at radius 2 is 1.68 bits per heavy atom. The molecule has 0 radical (unpaired) electrons. The van der Waals surface area contributed by atoms with E-state index in [9.17, 15) is 20.1 Å². The predicted molar refractivity (Wildman–Crippen MR) is 90.4 cm³/mol. The molecular weight excluding hydrogens is 324 g/mol. The molecule has 4 atom stereocenters. The van der Waals surface area contributed by atoms with Gasteiger partial charge in [-0.2, -0.15) is 0 Å². The van der Waals surface area contributed by atoms with E-state index in [4.69, 9.17) is 9.47 Å². The van der Waals surface area contributed by atoms with Crippen LogP contribution in [0.15, 0.2) is 12.7 Å². The summed E-state index contributed by atoms with van der Waals surface area (Å²) in [6.45, 7) is 7.34. The molecule has 0 amide bonds. The number of aliphatic hydroxyl groups is 3. The molecule has 0 aromatic carbocycles. The molecule has 4 aliphatic carbocycles. The largest absolute Gasteiger partial charge is 0.460 e. The summed E-state index contributed by atoms with van der Waals surface area (Å²) in [6.07, 6.45) is 3.77. The number of hydrogen-bond donors (Lipinski definition) is 3. The van der Waals surface area contributed by atoms with E-state index in [1.807, 2.05) is 0 Å². The van der Waals surface area contributed by atoms with Crippen molar-refractivity contribution in [3.05, 3.63) is 12.7 Å². The highest BCUT2D eigenvalue weighted by molar-refractivity contribution is 5.81. The molecule has 0 aliphatic heterocycles. The lowest BCUT2D eigenvalue weighted by molar-refractivity contribution is -0.297. The molecule has 4 rings (SSSR count). The minimum absolute atomic E-state index is 0.0146. The third kappa shape index (κ3) is 3.63. The van der Waals surface area contributed by atoms with Crippen molar-refractivity contribution in [1.29, 1.82) is 0 Å². The van der Waals surface area contributed by atoms with Gasteiger partial charge < -0.3 is 24.8 Å². The second kappa shape index (κ2) is 6.05. The second-order valence-corrected chi connectivity index (χ2v) is 9.44. The van der Waals surface area contributed by atoms with E-state index in [-0.39, 0.29) is 24.0 Å². The lowest BCUT2D eigenvalue weighted by Gasteiger charge is -2.68. The van der Waals surface area contributed by atoms with Crippen molar-refractivity contribution >= 4 is 5.97 Å². The summed E-state index contributed by atoms with van der Waals surface area (Å²) in [5, 5.41) is 31.7. The zero-order valence-corrected chi connectivity index (χ0v) is 15.2. The monoisotopic (exact) mass is 354 g/mol. The molecule has 142 valence electrons. The van der Waals surface area contributed by atoms with Crippen LogP contribution in [0.4, 0.5) is 0 Å². The molecule has 6 nitrogen and oxygen atoms in total. The quantitative estimate of drug-likeness (QED) is 0.364. The molecule has 4 saturated carbocycles. The van der Waals surface area contributed by atoms with Crippen LogP contribution >= 0.6 is 0 Å². The van der Waals surface area contributed by atoms with Gasteiger partial charge in [-0.15, -0.1) is 0 Å². The standard InChI is InChI=1S/C19H30O6/c1-4-14(21)24-5-13(20)6-25-15(22)18-8-16(2)7-17(3,9-18)11-19(23,10-16)12-18/h4,13,15,20,22-23H,1,5-12H2,2-3H3. The van der Waals surface area contributed by atoms with Gasteiger partial charge in [-0.05, 0) is 49.4 Å². The van der Waals surface area contributed by atoms with Crippen molar-refractivity contribution < 1.29 is 29.6 Å². The molecule has 4 aliphatic rings. The zero-order chi connectivity index (χ0) is 18.5. The summed E-state index contributed by atoms with van der Waals surface area (Å²) in [6, 6.07) is 0. The number of rotatable bonds is 7. The minimum Gasteiger partial charge on any atom is -0.460 e. The number of carbonyl (C=O) groups is 1. The van der Waals surface area contributed by atoms with Gasteiger partial charge in [0, 0.05) is 11.5 Å². The Balaban J connectivity index is 1.63. The molecule has 6 heteroatoms. The summed E-state index contributed by atoms with van der Waals surface area (Å²) >= 11 is 0. The number of esters is 1. The van der Waals surface area contributed by atoms with Crippen molar-refractivity contribution in [2.24, 2.45) is 16.2 Å². The number of carbonyl (C=O) groups excluding carboxylic acids is 1. The molecule has 0 aromatic rings. The Morgan fingerprint density at radius 3 is 2.20 bits per heavy atom. The van der Waals surface area contributed by atoms with E-state index < -0.39 is 29.4 Å². The maximum absolute atomic E-state index is 11.0. The Bertz CT molecular complexity index is 505. The lowest BCUT2D eigenvalue weighted by Crippen LogP contribution is -2.65. The van der Waals surface area contributed by atoms with Crippen molar-refractivity contribution in [3.63, 3.8) is 0 Å². The summed E-state index contributed by atoms with van der Waals surface area (Å²) in [5.41, 5.74) is -1.19. The van der Waals surface area contributed by atoms with Crippen molar-refractivity contribution in [1.82, 2.24) is 0 Å². The van der Waals surface area contributed by atoms with Gasteiger partial charge >= 0.3 is 5.97 Å². The Labute approximate surface area is 148 Å². The smallest absolute Gasteiger partial charge is 0.330 e. The van der Waals surface area contributed by atoms with Crippen LogP contribution in [-0.2, 0) is 14.3 Å². The molecule has 0 saturated heterocycles. The number of hydrogen-bond acceptors (Lipinski definition) is 6. The van der Waals surface area contributed by atoms with Crippen LogP contribution in [0.1, 0.15) is 52.4 Å². The Morgan fingerprint density at radius 1 is 1.08 bits per heavy atom. The fourth-order valence-corrected chi connectivity index (χ4v) is 6.65. The van der Waals surface area contributed by atoms with Crippen LogP contribution in [-0.4, -0.2) is 52.5 Å². The van der Waals surface area contributed by atoms with Crippen LogP contribution < -0.4 is 0 Å². The van der Waals surface area contributed by atoms with E-state index >= 15 is 0 Å². The van der Waals surface area contributed by atoms with Gasteiger partial charge in [0.2, 0.25) is 0 Å². The van der Waals surface area contributed by atoms with Gasteiger partial charge in [-0.1, -0.05) is 20.4 Å². The van der Waals surface area contributed by atoms with E-state index in [0.29, 0.717) is 6.42 Å². The average molecular weight is 354 g/mol. The van der Waals surface area contributed by atoms with E-state index in [1.54, 1.807) is 0 Å². The number of aliphatic hydroxyl groups excluding tert-OH is 2. The highest BCUT2D eigenvalue weighted by Crippen LogP contribution is 2.71. The highest BCUT2D eigenvalue weighted by Gasteiger charge is 2.67. The van der Waals surface area contributed by atoms with Gasteiger partial charge in [0.25, 0.3) is 0 Å². The van der Waals surface area contributed by atoms with Gasteiger partial charge in [0.15, 0.2) is 6.29 Å². The Hall–Kier alpha value is -0.950. The molecule has 3 N–H and O–H groups in total. The highest BCUT2D eigenvalue weighted by atomic mass is 16.6. The van der Waals surface area contributed by atoms with Crippen molar-refractivity contribution in [2.45, 2.75) is 70.4 Å². The molecule has 4 bridgehead atoms. The maximum Gasteiger partial charge on any atom is 0.330 e. The first-order chi connectivity index (χ1) is 11.5. The summed E-state index contributed by atoms with van der Waals surface area (Å²) in [4.78, 5) is 11.0. The first-order valence-electron chi connectivity index (χ1n) is 9.01. The zero-order valence-electron chi connectivity index (χ0n) is 15.2. The van der Waals surface area contributed by atoms with Gasteiger partial charge in [-0.3, -0.25) is 0 Å². The summed E-state index contributed by atoms with van der Waals surface area (Å²) < 4.78 is 10.3. The second-order valence-electron chi connectivity index (χ2n) is 9.44. The normalized spacial score (nSPS) is 44.4. The molecule has 0 aromatic heterocycles. The van der Waals surface area contributed by atoms with Crippen LogP contribution in [0.3, 0.4) is 0 Å². The SMILES string of the molecule is C=CC(=O)OCC(O)COC(O)C12CC3(C)CC(C)(CC(O)(C3)C1)C2. The van der Waals surface area contributed by atoms with Crippen molar-refractivity contribution in [3.8, 4) is 0 Å². The molecule has 4 unspecified atom stereocenters. The lowest BCUT2D eigenvalue weighted by atomic mass is 9.39. The maximum atomic E-state index is 11.0. The average Bonchev–Trinajstić information content (AvgIpc) is 2.45. The minimum atomic E-state index is -1.05. The molecule has 25 heavy (non-hydrogen) atoms. The first kappa shape index (κ1) is 18.8. The van der Waals surface area contributed by atoms with Gasteiger partial charge in [0.1, 0.15) is 12.7 Å². The van der Waals surface area contributed by atoms with Crippen LogP contribution in [0, 0.1) is 16.2 Å². The number of ether oxygens (including phenoxy) is 2. The predicted octanol–water partition coefficient (Wildman–Crippen LogP) is 1.52. The topological polar surface area (TPSA) is 96.2 Å². The van der Waals surface area contributed by atoms with Crippen LogP contribution in [0.5, 0.6) is 0 Å². The van der Waals surface area contributed by atoms with Crippen molar-refractivity contribution in [2.75, 3.05) is 13.2 Å². The molecule has 0 heterocycles. The summed E-state index contributed by atoms with van der Waals surface area (Å²) in [5.74, 6) is -0.608. The molecule has 0 spiro atoms. The van der Waals surface area contributed by atoms with E-state index in [1.165, 1.54) is 0 Å². The summed E-state index contributed by atoms with van der Waals surface area (Å²) in [7, 11) is 0. The van der Waals surface area contributed by atoms with E-state index in [2.05, 4.69) is 20.4 Å². The first-order valence-corrected chi connectivity index (χ1v) is 9.01. The Kier molecular flexibility index (Phi) is 4.55. The fraction of sp³-hybridized carbons (Fsp3) is 0.842. The van der Waals surface area contributed by atoms with Crippen LogP contribution in [0.25, 0.3) is 0 Å². The molecular formula is C19H30O6. The van der Waals surface area contributed by atoms with Crippen LogP contribution in [0.2, 0.25) is 0 Å². The fourth-order valence-electron chi connectivity index (χ4n) is 6.65.